The van der Waals surface area contributed by atoms with Crippen LogP contribution in [0.15, 0.2) is 54.2 Å². The Bertz CT molecular complexity index is 1210. The van der Waals surface area contributed by atoms with Gasteiger partial charge in [-0.05, 0) is 35.9 Å². The molecule has 0 saturated heterocycles. The number of hydrogen-bond donors (Lipinski definition) is 2. The number of amides is 1. The Balaban J connectivity index is 1.56. The molecule has 0 unspecified atom stereocenters. The molecule has 28 heavy (non-hydrogen) atoms. The van der Waals surface area contributed by atoms with E-state index in [1.165, 1.54) is 29.8 Å². The van der Waals surface area contributed by atoms with Crippen molar-refractivity contribution in [1.82, 2.24) is 9.97 Å². The molecule has 0 atom stereocenters. The third kappa shape index (κ3) is 2.93. The van der Waals surface area contributed by atoms with Crippen molar-refractivity contribution in [2.45, 2.75) is 0 Å². The molecule has 0 saturated carbocycles. The molecule has 0 spiro atoms. The molecular formula is C20H13FN4O2S. The molecule has 5 rings (SSSR count). The van der Waals surface area contributed by atoms with Gasteiger partial charge in [-0.1, -0.05) is 12.1 Å². The number of fused-ring (bicyclic) bond motifs is 2. The number of ether oxygens (including phenoxy) is 1. The standard InChI is InChI=1S/C20H13FN4O2S/c21-12-3-1-11(2-4-12)14-9-28-20-18(14)19(22-10-23-20)24-13-5-6-16-15(7-13)25-17(26)8-27-16/h1-7,9-10H,8H2,(H,25,26)(H,22,23,24). The fourth-order valence-electron chi connectivity index (χ4n) is 3.11. The number of rotatable bonds is 3. The lowest BCUT2D eigenvalue weighted by molar-refractivity contribution is -0.118. The number of nitrogens with zero attached hydrogens (tertiary/aromatic N) is 2. The highest BCUT2D eigenvalue weighted by atomic mass is 32.1. The van der Waals surface area contributed by atoms with E-state index in [2.05, 4.69) is 20.6 Å². The van der Waals surface area contributed by atoms with Crippen LogP contribution in [0.5, 0.6) is 5.75 Å². The smallest absolute Gasteiger partial charge is 0.262 e. The van der Waals surface area contributed by atoms with E-state index in [4.69, 9.17) is 4.74 Å². The maximum atomic E-state index is 13.3. The van der Waals surface area contributed by atoms with E-state index in [1.807, 2.05) is 11.4 Å². The van der Waals surface area contributed by atoms with Crippen LogP contribution in [0.3, 0.4) is 0 Å². The summed E-state index contributed by atoms with van der Waals surface area (Å²) in [5.41, 5.74) is 3.17. The molecule has 1 aliphatic rings. The van der Waals surface area contributed by atoms with Crippen LogP contribution in [0.25, 0.3) is 21.3 Å². The van der Waals surface area contributed by atoms with Gasteiger partial charge in [-0.2, -0.15) is 0 Å². The molecule has 3 heterocycles. The molecule has 8 heteroatoms. The van der Waals surface area contributed by atoms with Crippen molar-refractivity contribution in [3.8, 4) is 16.9 Å². The molecule has 6 nitrogen and oxygen atoms in total. The lowest BCUT2D eigenvalue weighted by atomic mass is 10.1. The molecule has 0 radical (unpaired) electrons. The minimum Gasteiger partial charge on any atom is -0.482 e. The predicted octanol–water partition coefficient (Wildman–Crippen LogP) is 4.57. The van der Waals surface area contributed by atoms with Gasteiger partial charge >= 0.3 is 0 Å². The number of carbonyl (C=O) groups is 1. The van der Waals surface area contributed by atoms with Gasteiger partial charge in [-0.25, -0.2) is 14.4 Å². The molecule has 2 aromatic heterocycles. The summed E-state index contributed by atoms with van der Waals surface area (Å²) < 4.78 is 18.7. The van der Waals surface area contributed by atoms with Crippen molar-refractivity contribution < 1.29 is 13.9 Å². The quantitative estimate of drug-likeness (QED) is 0.534. The van der Waals surface area contributed by atoms with Gasteiger partial charge in [-0.15, -0.1) is 11.3 Å². The van der Waals surface area contributed by atoms with Gasteiger partial charge in [-0.3, -0.25) is 4.79 Å². The summed E-state index contributed by atoms with van der Waals surface area (Å²) in [5.74, 6) is 0.788. The minimum absolute atomic E-state index is 0.0161. The number of aromatic nitrogens is 2. The summed E-state index contributed by atoms with van der Waals surface area (Å²) in [7, 11) is 0. The average Bonchev–Trinajstić information content (AvgIpc) is 3.13. The summed E-state index contributed by atoms with van der Waals surface area (Å²) >= 11 is 1.50. The Morgan fingerprint density at radius 2 is 2.00 bits per heavy atom. The third-order valence-electron chi connectivity index (χ3n) is 4.40. The average molecular weight is 392 g/mol. The van der Waals surface area contributed by atoms with Crippen molar-refractivity contribution in [3.05, 3.63) is 60.0 Å². The van der Waals surface area contributed by atoms with Gasteiger partial charge in [0.05, 0.1) is 11.1 Å². The van der Waals surface area contributed by atoms with Crippen LogP contribution in [0.2, 0.25) is 0 Å². The van der Waals surface area contributed by atoms with Crippen LogP contribution in [0.4, 0.5) is 21.6 Å². The molecule has 1 aliphatic heterocycles. The van der Waals surface area contributed by atoms with Crippen LogP contribution in [0.1, 0.15) is 0 Å². The second kappa shape index (κ2) is 6.58. The fraction of sp³-hybridized carbons (Fsp3) is 0.0500. The Morgan fingerprint density at radius 1 is 1.14 bits per heavy atom. The Labute approximate surface area is 163 Å². The van der Waals surface area contributed by atoms with Crippen molar-refractivity contribution in [2.75, 3.05) is 17.2 Å². The molecule has 2 N–H and O–H groups in total. The monoisotopic (exact) mass is 392 g/mol. The van der Waals surface area contributed by atoms with Crippen molar-refractivity contribution >= 4 is 44.7 Å². The van der Waals surface area contributed by atoms with Gasteiger partial charge in [0.15, 0.2) is 6.61 Å². The molecule has 1 amide bonds. The third-order valence-corrected chi connectivity index (χ3v) is 5.29. The van der Waals surface area contributed by atoms with Gasteiger partial charge in [0, 0.05) is 16.6 Å². The van der Waals surface area contributed by atoms with E-state index in [1.54, 1.807) is 24.3 Å². The zero-order valence-corrected chi connectivity index (χ0v) is 15.2. The highest BCUT2D eigenvalue weighted by Gasteiger charge is 2.17. The summed E-state index contributed by atoms with van der Waals surface area (Å²) in [6.45, 7) is 0.0161. The highest BCUT2D eigenvalue weighted by Crippen LogP contribution is 2.38. The Hall–Kier alpha value is -3.52. The zero-order valence-electron chi connectivity index (χ0n) is 14.4. The molecule has 2 aromatic carbocycles. The van der Waals surface area contributed by atoms with Crippen LogP contribution in [0, 0.1) is 5.82 Å². The van der Waals surface area contributed by atoms with E-state index in [-0.39, 0.29) is 18.3 Å². The van der Waals surface area contributed by atoms with Crippen molar-refractivity contribution in [2.24, 2.45) is 0 Å². The first-order chi connectivity index (χ1) is 13.7. The van der Waals surface area contributed by atoms with Gasteiger partial charge in [0.2, 0.25) is 0 Å². The van der Waals surface area contributed by atoms with E-state index < -0.39 is 0 Å². The number of halogens is 1. The number of hydrogen-bond acceptors (Lipinski definition) is 6. The highest BCUT2D eigenvalue weighted by molar-refractivity contribution is 7.17. The SMILES string of the molecule is O=C1COc2ccc(Nc3ncnc4scc(-c5ccc(F)cc5)c34)cc2N1. The van der Waals surface area contributed by atoms with Crippen molar-refractivity contribution in [1.29, 1.82) is 0 Å². The molecule has 0 fully saturated rings. The fourth-order valence-corrected chi connectivity index (χ4v) is 4.03. The van der Waals surface area contributed by atoms with Crippen LogP contribution >= 0.6 is 11.3 Å². The number of benzene rings is 2. The maximum absolute atomic E-state index is 13.3. The molecule has 4 aromatic rings. The maximum Gasteiger partial charge on any atom is 0.262 e. The minimum atomic E-state index is -0.281. The van der Waals surface area contributed by atoms with E-state index >= 15 is 0 Å². The lowest BCUT2D eigenvalue weighted by Gasteiger charge is -2.19. The van der Waals surface area contributed by atoms with E-state index in [0.717, 1.165) is 27.0 Å². The number of nitrogens with one attached hydrogen (secondary N) is 2. The largest absolute Gasteiger partial charge is 0.482 e. The Morgan fingerprint density at radius 3 is 2.86 bits per heavy atom. The van der Waals surface area contributed by atoms with Crippen molar-refractivity contribution in [3.63, 3.8) is 0 Å². The molecule has 138 valence electrons. The first-order valence-corrected chi connectivity index (χ1v) is 9.37. The van der Waals surface area contributed by atoms with Crippen LogP contribution in [-0.4, -0.2) is 22.5 Å². The summed E-state index contributed by atoms with van der Waals surface area (Å²) in [5, 5.41) is 8.93. The summed E-state index contributed by atoms with van der Waals surface area (Å²) in [6.07, 6.45) is 1.50. The molecular weight excluding hydrogens is 379 g/mol. The number of carbonyl (C=O) groups excluding carboxylic acids is 1. The normalized spacial score (nSPS) is 13.0. The molecule has 0 aliphatic carbocycles. The second-order valence-electron chi connectivity index (χ2n) is 6.23. The molecule has 0 bridgehead atoms. The van der Waals surface area contributed by atoms with Gasteiger partial charge in [0.25, 0.3) is 5.91 Å². The topological polar surface area (TPSA) is 76.1 Å². The lowest BCUT2D eigenvalue weighted by Crippen LogP contribution is -2.25. The summed E-state index contributed by atoms with van der Waals surface area (Å²) in [4.78, 5) is 21.1. The van der Waals surface area contributed by atoms with Gasteiger partial charge in [0.1, 0.15) is 28.5 Å². The first kappa shape index (κ1) is 16.6. The van der Waals surface area contributed by atoms with E-state index in [0.29, 0.717) is 17.3 Å². The summed E-state index contributed by atoms with van der Waals surface area (Å²) in [6, 6.07) is 11.8. The first-order valence-electron chi connectivity index (χ1n) is 8.49. The van der Waals surface area contributed by atoms with Crippen LogP contribution in [-0.2, 0) is 4.79 Å². The number of thiophene rings is 1. The number of anilines is 3. The Kier molecular flexibility index (Phi) is 3.91. The van der Waals surface area contributed by atoms with Gasteiger partial charge < -0.3 is 15.4 Å². The van der Waals surface area contributed by atoms with E-state index in [9.17, 15) is 9.18 Å². The van der Waals surface area contributed by atoms with Crippen LogP contribution < -0.4 is 15.4 Å². The zero-order chi connectivity index (χ0) is 19.1. The second-order valence-corrected chi connectivity index (χ2v) is 7.09. The predicted molar refractivity (Wildman–Crippen MR) is 107 cm³/mol.